The largest absolute Gasteiger partial charge is 0.479 e. The van der Waals surface area contributed by atoms with Crippen LogP contribution in [0.5, 0.6) is 0 Å². The Labute approximate surface area is 112 Å². The molecule has 98 valence electrons. The summed E-state index contributed by atoms with van der Waals surface area (Å²) in [6, 6.07) is 3.43. The molecule has 1 aromatic rings. The molecule has 1 N–H and O–H groups in total. The monoisotopic (exact) mass is 291 g/mol. The number of carboxylic acids is 1. The van der Waals surface area contributed by atoms with E-state index >= 15 is 0 Å². The molecule has 1 aliphatic heterocycles. The number of thiophene rings is 1. The van der Waals surface area contributed by atoms with Gasteiger partial charge in [0.15, 0.2) is 0 Å². The van der Waals surface area contributed by atoms with Crippen LogP contribution < -0.4 is 0 Å². The van der Waals surface area contributed by atoms with Crippen molar-refractivity contribution in [3.63, 3.8) is 0 Å². The summed E-state index contributed by atoms with van der Waals surface area (Å²) in [5, 5.41) is 8.74. The van der Waals surface area contributed by atoms with Crippen molar-refractivity contribution < 1.29 is 19.1 Å². The molecule has 1 fully saturated rings. The minimum atomic E-state index is -2.30. The van der Waals surface area contributed by atoms with E-state index in [1.807, 2.05) is 0 Å². The van der Waals surface area contributed by atoms with E-state index < -0.39 is 11.6 Å². The molecule has 1 atom stereocenters. The molecule has 1 amide bonds. The first-order chi connectivity index (χ1) is 8.40. The van der Waals surface area contributed by atoms with Gasteiger partial charge in [-0.3, -0.25) is 4.79 Å². The third-order valence-corrected chi connectivity index (χ3v) is 4.14. The second kappa shape index (κ2) is 4.85. The molecule has 1 saturated heterocycles. The van der Waals surface area contributed by atoms with E-state index in [0.717, 1.165) is 4.88 Å². The van der Waals surface area contributed by atoms with Gasteiger partial charge in [-0.05, 0) is 12.1 Å². The zero-order valence-corrected chi connectivity index (χ0v) is 10.9. The number of aliphatic carboxylic acids is 1. The molecule has 2 rings (SSSR count). The third-order valence-electron chi connectivity index (χ3n) is 2.91. The van der Waals surface area contributed by atoms with E-state index in [1.165, 1.54) is 16.2 Å². The summed E-state index contributed by atoms with van der Waals surface area (Å²) in [7, 11) is 0. The van der Waals surface area contributed by atoms with Gasteiger partial charge in [0.05, 0.1) is 17.3 Å². The van der Waals surface area contributed by atoms with Gasteiger partial charge in [-0.25, -0.2) is 9.18 Å². The molecule has 2 heterocycles. The van der Waals surface area contributed by atoms with Crippen molar-refractivity contribution in [2.24, 2.45) is 0 Å². The van der Waals surface area contributed by atoms with Gasteiger partial charge in [0.2, 0.25) is 11.6 Å². The zero-order valence-electron chi connectivity index (χ0n) is 9.36. The lowest BCUT2D eigenvalue weighted by Gasteiger charge is -2.17. The van der Waals surface area contributed by atoms with E-state index in [2.05, 4.69) is 0 Å². The number of halogens is 2. The molecule has 0 spiro atoms. The highest BCUT2D eigenvalue weighted by Gasteiger charge is 2.46. The Bertz CT molecular complexity index is 492. The maximum atomic E-state index is 13.8. The highest BCUT2D eigenvalue weighted by molar-refractivity contribution is 7.16. The average molecular weight is 292 g/mol. The first-order valence-electron chi connectivity index (χ1n) is 5.35. The number of hydrogen-bond acceptors (Lipinski definition) is 3. The number of rotatable bonds is 3. The second-order valence-corrected chi connectivity index (χ2v) is 6.02. The number of amides is 1. The molecule has 0 bridgehead atoms. The molecule has 1 unspecified atom stereocenters. The minimum absolute atomic E-state index is 0.132. The van der Waals surface area contributed by atoms with Crippen LogP contribution in [-0.4, -0.2) is 40.6 Å². The fraction of sp³-hybridized carbons (Fsp3) is 0.455. The number of carbonyl (C=O) groups excluding carboxylic acids is 1. The number of alkyl halides is 1. The number of nitrogens with zero attached hydrogens (tertiary/aromatic N) is 1. The molecule has 7 heteroatoms. The first-order valence-corrected chi connectivity index (χ1v) is 6.54. The number of likely N-dealkylation sites (tertiary alicyclic amines) is 1. The summed E-state index contributed by atoms with van der Waals surface area (Å²) < 4.78 is 14.4. The van der Waals surface area contributed by atoms with E-state index in [1.54, 1.807) is 12.1 Å². The first kappa shape index (κ1) is 13.3. The summed E-state index contributed by atoms with van der Waals surface area (Å²) in [5.74, 6) is -1.77. The van der Waals surface area contributed by atoms with Crippen molar-refractivity contribution in [1.82, 2.24) is 4.90 Å². The van der Waals surface area contributed by atoms with Gasteiger partial charge in [-0.2, -0.15) is 0 Å². The molecular formula is C11H11ClFNO3S. The third kappa shape index (κ3) is 2.64. The summed E-state index contributed by atoms with van der Waals surface area (Å²) in [6.45, 7) is -0.235. The highest BCUT2D eigenvalue weighted by atomic mass is 35.5. The normalized spacial score (nSPS) is 23.3. The van der Waals surface area contributed by atoms with Crippen molar-refractivity contribution in [3.8, 4) is 0 Å². The van der Waals surface area contributed by atoms with E-state index in [-0.39, 0.29) is 31.8 Å². The lowest BCUT2D eigenvalue weighted by Crippen LogP contribution is -2.39. The fourth-order valence-electron chi connectivity index (χ4n) is 1.87. The van der Waals surface area contributed by atoms with Gasteiger partial charge >= 0.3 is 5.97 Å². The van der Waals surface area contributed by atoms with Crippen molar-refractivity contribution in [2.75, 3.05) is 13.1 Å². The molecule has 1 aromatic heterocycles. The Kier molecular flexibility index (Phi) is 3.59. The van der Waals surface area contributed by atoms with Gasteiger partial charge in [0.1, 0.15) is 0 Å². The molecule has 0 saturated carbocycles. The van der Waals surface area contributed by atoms with Crippen molar-refractivity contribution in [2.45, 2.75) is 18.5 Å². The summed E-state index contributed by atoms with van der Waals surface area (Å²) in [5.41, 5.74) is -2.30. The van der Waals surface area contributed by atoms with Crippen LogP contribution in [-0.2, 0) is 16.0 Å². The van der Waals surface area contributed by atoms with Crippen molar-refractivity contribution in [1.29, 1.82) is 0 Å². The number of carboxylic acid groups (broad SMARTS) is 1. The molecule has 0 aliphatic carbocycles. The van der Waals surface area contributed by atoms with Gasteiger partial charge in [-0.1, -0.05) is 11.6 Å². The lowest BCUT2D eigenvalue weighted by molar-refractivity contribution is -0.150. The molecular weight excluding hydrogens is 281 g/mol. The summed E-state index contributed by atoms with van der Waals surface area (Å²) in [4.78, 5) is 24.6. The Morgan fingerprint density at radius 2 is 2.28 bits per heavy atom. The van der Waals surface area contributed by atoms with Gasteiger partial charge in [0, 0.05) is 17.8 Å². The SMILES string of the molecule is O=C(Cc1ccc(Cl)s1)N1CCC(F)(C(=O)O)C1. The Balaban J connectivity index is 1.98. The van der Waals surface area contributed by atoms with Crippen molar-refractivity contribution >= 4 is 34.8 Å². The Morgan fingerprint density at radius 3 is 2.78 bits per heavy atom. The Hall–Kier alpha value is -1.14. The quantitative estimate of drug-likeness (QED) is 0.926. The van der Waals surface area contributed by atoms with Crippen LogP contribution in [0.3, 0.4) is 0 Å². The van der Waals surface area contributed by atoms with Crippen molar-refractivity contribution in [3.05, 3.63) is 21.3 Å². The standard InChI is InChI=1S/C11H11ClFNO3S/c12-8-2-1-7(18-8)5-9(15)14-4-3-11(13,6-14)10(16)17/h1-2H,3-6H2,(H,16,17). The smallest absolute Gasteiger partial charge is 0.343 e. The van der Waals surface area contributed by atoms with E-state index in [4.69, 9.17) is 16.7 Å². The minimum Gasteiger partial charge on any atom is -0.479 e. The maximum absolute atomic E-state index is 13.8. The van der Waals surface area contributed by atoms with Crippen LogP contribution >= 0.6 is 22.9 Å². The predicted molar refractivity (Wildman–Crippen MR) is 65.7 cm³/mol. The topological polar surface area (TPSA) is 57.6 Å². The van der Waals surface area contributed by atoms with Crippen LogP contribution in [0.2, 0.25) is 4.34 Å². The molecule has 18 heavy (non-hydrogen) atoms. The van der Waals surface area contributed by atoms with Crippen LogP contribution in [0.15, 0.2) is 12.1 Å². The highest BCUT2D eigenvalue weighted by Crippen LogP contribution is 2.27. The van der Waals surface area contributed by atoms with Crippen LogP contribution in [0.25, 0.3) is 0 Å². The zero-order chi connectivity index (χ0) is 13.3. The maximum Gasteiger partial charge on any atom is 0.343 e. The Morgan fingerprint density at radius 1 is 1.56 bits per heavy atom. The van der Waals surface area contributed by atoms with Crippen LogP contribution in [0.4, 0.5) is 4.39 Å². The fourth-order valence-corrected chi connectivity index (χ4v) is 2.95. The average Bonchev–Trinajstić information content (AvgIpc) is 2.86. The lowest BCUT2D eigenvalue weighted by atomic mass is 10.1. The molecule has 1 aliphatic rings. The summed E-state index contributed by atoms with van der Waals surface area (Å²) in [6.07, 6.45) is -0.0215. The van der Waals surface area contributed by atoms with Gasteiger partial charge in [0.25, 0.3) is 0 Å². The van der Waals surface area contributed by atoms with Gasteiger partial charge < -0.3 is 10.0 Å². The number of carbonyl (C=O) groups is 2. The van der Waals surface area contributed by atoms with Crippen LogP contribution in [0.1, 0.15) is 11.3 Å². The molecule has 4 nitrogen and oxygen atoms in total. The van der Waals surface area contributed by atoms with Gasteiger partial charge in [-0.15, -0.1) is 11.3 Å². The van der Waals surface area contributed by atoms with E-state index in [9.17, 15) is 14.0 Å². The van der Waals surface area contributed by atoms with E-state index in [0.29, 0.717) is 4.34 Å². The molecule has 0 radical (unpaired) electrons. The summed E-state index contributed by atoms with van der Waals surface area (Å²) >= 11 is 7.04. The number of hydrogen-bond donors (Lipinski definition) is 1. The molecule has 0 aromatic carbocycles. The second-order valence-electron chi connectivity index (χ2n) is 4.22. The van der Waals surface area contributed by atoms with Crippen LogP contribution in [0, 0.1) is 0 Å². The predicted octanol–water partition coefficient (Wildman–Crippen LogP) is 1.97.